The summed E-state index contributed by atoms with van der Waals surface area (Å²) >= 11 is 0. The van der Waals surface area contributed by atoms with E-state index in [9.17, 15) is 9.18 Å². The van der Waals surface area contributed by atoms with Crippen LogP contribution in [0.3, 0.4) is 0 Å². The maximum atomic E-state index is 13.3. The van der Waals surface area contributed by atoms with E-state index in [1.807, 2.05) is 18.2 Å². The predicted octanol–water partition coefficient (Wildman–Crippen LogP) is 2.91. The van der Waals surface area contributed by atoms with Gasteiger partial charge in [0, 0.05) is 38.3 Å². The van der Waals surface area contributed by atoms with Crippen LogP contribution in [0, 0.1) is 5.82 Å². The first-order chi connectivity index (χ1) is 14.6. The van der Waals surface area contributed by atoms with Crippen LogP contribution in [0.5, 0.6) is 0 Å². The fraction of sp³-hybridized carbons (Fsp3) is 0.318. The zero-order valence-electron chi connectivity index (χ0n) is 16.8. The van der Waals surface area contributed by atoms with Crippen LogP contribution in [-0.4, -0.2) is 54.3 Å². The number of ether oxygens (including phenoxy) is 1. The summed E-state index contributed by atoms with van der Waals surface area (Å²) in [7, 11) is 1.38. The van der Waals surface area contributed by atoms with E-state index in [2.05, 4.69) is 19.9 Å². The second-order valence-electron chi connectivity index (χ2n) is 7.21. The third-order valence-electron chi connectivity index (χ3n) is 5.15. The van der Waals surface area contributed by atoms with Crippen molar-refractivity contribution >= 4 is 11.7 Å². The van der Waals surface area contributed by atoms with E-state index in [-0.39, 0.29) is 11.8 Å². The Morgan fingerprint density at radius 2 is 1.90 bits per heavy atom. The third-order valence-corrected chi connectivity index (χ3v) is 5.15. The van der Waals surface area contributed by atoms with Crippen LogP contribution >= 0.6 is 0 Å². The van der Waals surface area contributed by atoms with Crippen molar-refractivity contribution in [3.8, 4) is 0 Å². The van der Waals surface area contributed by atoms with Crippen molar-refractivity contribution in [3.63, 3.8) is 0 Å². The molecule has 1 aliphatic rings. The molecule has 3 aromatic rings. The first-order valence-electron chi connectivity index (χ1n) is 9.82. The minimum absolute atomic E-state index is 0.269. The Labute approximate surface area is 174 Å². The minimum atomic E-state index is -0.331. The highest BCUT2D eigenvalue weighted by atomic mass is 19.1. The van der Waals surface area contributed by atoms with E-state index in [4.69, 9.17) is 9.26 Å². The topological polar surface area (TPSA) is 71.7 Å². The number of rotatable bonds is 6. The molecule has 1 aromatic heterocycles. The van der Waals surface area contributed by atoms with E-state index >= 15 is 0 Å². The monoisotopic (exact) mass is 410 g/mol. The molecular weight excluding hydrogens is 387 g/mol. The van der Waals surface area contributed by atoms with Gasteiger partial charge in [0.1, 0.15) is 5.82 Å². The number of anilines is 1. The highest BCUT2D eigenvalue weighted by molar-refractivity contribution is 5.89. The molecule has 2 heterocycles. The number of halogens is 1. The van der Waals surface area contributed by atoms with Crippen molar-refractivity contribution in [1.82, 2.24) is 15.0 Å². The van der Waals surface area contributed by atoms with E-state index < -0.39 is 0 Å². The quantitative estimate of drug-likeness (QED) is 0.579. The number of hydrogen-bond donors (Lipinski definition) is 0. The van der Waals surface area contributed by atoms with Crippen LogP contribution in [0.15, 0.2) is 53.1 Å². The number of methoxy groups -OCH3 is 1. The summed E-state index contributed by atoms with van der Waals surface area (Å²) < 4.78 is 23.4. The molecule has 30 heavy (non-hydrogen) atoms. The lowest BCUT2D eigenvalue weighted by Gasteiger charge is -2.35. The molecule has 4 rings (SSSR count). The van der Waals surface area contributed by atoms with Gasteiger partial charge in [0.25, 0.3) is 0 Å². The number of carbonyl (C=O) groups excluding carboxylic acids is 1. The van der Waals surface area contributed by atoms with Crippen molar-refractivity contribution < 1.29 is 18.4 Å². The number of benzene rings is 2. The highest BCUT2D eigenvalue weighted by Crippen LogP contribution is 2.19. The standard InChI is InChI=1S/C22H23FN4O3/c1-29-22(28)17-5-7-19(8-6-17)27-11-9-26(10-12-27)15-21-24-20(25-30-21)14-16-3-2-4-18(23)13-16/h2-8,13H,9-12,14-15H2,1H3. The Morgan fingerprint density at radius 1 is 1.13 bits per heavy atom. The summed E-state index contributed by atoms with van der Waals surface area (Å²) in [5.41, 5.74) is 2.44. The summed E-state index contributed by atoms with van der Waals surface area (Å²) in [4.78, 5) is 20.5. The Balaban J connectivity index is 1.29. The lowest BCUT2D eigenvalue weighted by molar-refractivity contribution is 0.0600. The molecule has 2 aromatic carbocycles. The Kier molecular flexibility index (Phi) is 6.04. The molecule has 156 valence electrons. The fourth-order valence-electron chi connectivity index (χ4n) is 3.54. The molecule has 0 bridgehead atoms. The van der Waals surface area contributed by atoms with Gasteiger partial charge in [-0.25, -0.2) is 9.18 Å². The van der Waals surface area contributed by atoms with Gasteiger partial charge in [0.15, 0.2) is 5.82 Å². The number of carbonyl (C=O) groups is 1. The normalized spacial score (nSPS) is 14.7. The largest absolute Gasteiger partial charge is 0.465 e. The molecule has 1 saturated heterocycles. The summed E-state index contributed by atoms with van der Waals surface area (Å²) in [5.74, 6) is 0.522. The number of hydrogen-bond acceptors (Lipinski definition) is 7. The van der Waals surface area contributed by atoms with Crippen molar-refractivity contribution in [2.75, 3.05) is 38.2 Å². The van der Waals surface area contributed by atoms with Crippen molar-refractivity contribution in [2.45, 2.75) is 13.0 Å². The van der Waals surface area contributed by atoms with Gasteiger partial charge < -0.3 is 14.2 Å². The van der Waals surface area contributed by atoms with Gasteiger partial charge >= 0.3 is 5.97 Å². The second-order valence-corrected chi connectivity index (χ2v) is 7.21. The van der Waals surface area contributed by atoms with E-state index in [0.29, 0.717) is 30.2 Å². The molecule has 0 unspecified atom stereocenters. The maximum Gasteiger partial charge on any atom is 0.337 e. The average Bonchev–Trinajstić information content (AvgIpc) is 3.20. The molecule has 1 fully saturated rings. The maximum absolute atomic E-state index is 13.3. The summed E-state index contributed by atoms with van der Waals surface area (Å²) in [6.45, 7) is 4.04. The molecule has 0 atom stereocenters. The van der Waals surface area contributed by atoms with Crippen LogP contribution in [0.25, 0.3) is 0 Å². The van der Waals surface area contributed by atoms with Gasteiger partial charge in [0.2, 0.25) is 5.89 Å². The molecule has 8 heteroatoms. The van der Waals surface area contributed by atoms with Gasteiger partial charge in [-0.15, -0.1) is 0 Å². The lowest BCUT2D eigenvalue weighted by atomic mass is 10.1. The van der Waals surface area contributed by atoms with Gasteiger partial charge in [-0.05, 0) is 42.0 Å². The average molecular weight is 410 g/mol. The number of esters is 1. The zero-order valence-corrected chi connectivity index (χ0v) is 16.8. The molecule has 7 nitrogen and oxygen atoms in total. The van der Waals surface area contributed by atoms with Gasteiger partial charge in [0.05, 0.1) is 19.2 Å². The van der Waals surface area contributed by atoms with E-state index in [1.54, 1.807) is 18.2 Å². The minimum Gasteiger partial charge on any atom is -0.465 e. The Morgan fingerprint density at radius 3 is 2.60 bits per heavy atom. The fourth-order valence-corrected chi connectivity index (χ4v) is 3.54. The summed E-state index contributed by atoms with van der Waals surface area (Å²) in [5, 5.41) is 4.02. The molecule has 0 spiro atoms. The second kappa shape index (κ2) is 9.04. The third kappa shape index (κ3) is 4.83. The zero-order chi connectivity index (χ0) is 20.9. The Hall–Kier alpha value is -3.26. The lowest BCUT2D eigenvalue weighted by Crippen LogP contribution is -2.46. The molecule has 0 aliphatic carbocycles. The summed E-state index contributed by atoms with van der Waals surface area (Å²) in [6.07, 6.45) is 0.441. The Bertz CT molecular complexity index is 998. The smallest absolute Gasteiger partial charge is 0.337 e. The van der Waals surface area contributed by atoms with Crippen LogP contribution < -0.4 is 4.90 Å². The van der Waals surface area contributed by atoms with E-state index in [0.717, 1.165) is 37.4 Å². The van der Waals surface area contributed by atoms with Crippen LogP contribution in [0.4, 0.5) is 10.1 Å². The first kappa shape index (κ1) is 20.0. The van der Waals surface area contributed by atoms with Crippen LogP contribution in [0.1, 0.15) is 27.6 Å². The molecule has 0 amide bonds. The van der Waals surface area contributed by atoms with E-state index in [1.165, 1.54) is 19.2 Å². The predicted molar refractivity (Wildman–Crippen MR) is 109 cm³/mol. The van der Waals surface area contributed by atoms with Crippen molar-refractivity contribution in [1.29, 1.82) is 0 Å². The summed E-state index contributed by atoms with van der Waals surface area (Å²) in [6, 6.07) is 13.9. The molecule has 1 aliphatic heterocycles. The van der Waals surface area contributed by atoms with Crippen molar-refractivity contribution in [2.24, 2.45) is 0 Å². The van der Waals surface area contributed by atoms with Gasteiger partial charge in [-0.3, -0.25) is 4.90 Å². The van der Waals surface area contributed by atoms with Gasteiger partial charge in [-0.2, -0.15) is 4.98 Å². The van der Waals surface area contributed by atoms with Crippen molar-refractivity contribution in [3.05, 3.63) is 77.2 Å². The molecular formula is C22H23FN4O3. The highest BCUT2D eigenvalue weighted by Gasteiger charge is 2.20. The molecule has 0 saturated carbocycles. The SMILES string of the molecule is COC(=O)c1ccc(N2CCN(Cc3nc(Cc4cccc(F)c4)no3)CC2)cc1. The number of aromatic nitrogens is 2. The van der Waals surface area contributed by atoms with Crippen LogP contribution in [-0.2, 0) is 17.7 Å². The first-order valence-corrected chi connectivity index (χ1v) is 9.82. The molecule has 0 radical (unpaired) electrons. The van der Waals surface area contributed by atoms with Crippen LogP contribution in [0.2, 0.25) is 0 Å². The number of piperazine rings is 1. The number of nitrogens with zero attached hydrogens (tertiary/aromatic N) is 4. The van der Waals surface area contributed by atoms with Gasteiger partial charge in [-0.1, -0.05) is 17.3 Å². The molecule has 0 N–H and O–H groups in total.